The molecule has 0 fully saturated rings. The molecule has 4 heteroatoms. The van der Waals surface area contributed by atoms with E-state index in [2.05, 4.69) is 47.1 Å². The highest BCUT2D eigenvalue weighted by molar-refractivity contribution is 6.31. The zero-order valence-electron chi connectivity index (χ0n) is 15.3. The Kier molecular flexibility index (Phi) is 6.73. The molecule has 0 unspecified atom stereocenters. The van der Waals surface area contributed by atoms with E-state index in [4.69, 9.17) is 16.7 Å². The lowest BCUT2D eigenvalue weighted by molar-refractivity contribution is 0.283. The van der Waals surface area contributed by atoms with Crippen molar-refractivity contribution >= 4 is 22.5 Å². The predicted octanol–water partition coefficient (Wildman–Crippen LogP) is 4.90. The standard InChI is InChI=1S/C22H27ClN2O/c1-17-20(15-24-13-7-2-8-14-26)19-10-4-6-12-22(19)25(17)16-18-9-3-5-11-21(18)23/h3-6,9-12,24,26H,2,7-8,13-16H2,1H3. The minimum atomic E-state index is 0.286. The normalized spacial score (nSPS) is 11.3. The summed E-state index contributed by atoms with van der Waals surface area (Å²) in [7, 11) is 0. The summed E-state index contributed by atoms with van der Waals surface area (Å²) in [5, 5.41) is 14.5. The summed E-state index contributed by atoms with van der Waals surface area (Å²) in [4.78, 5) is 0. The molecule has 138 valence electrons. The molecular formula is C22H27ClN2O. The molecule has 0 atom stereocenters. The van der Waals surface area contributed by atoms with Crippen molar-refractivity contribution in [2.24, 2.45) is 0 Å². The van der Waals surface area contributed by atoms with E-state index < -0.39 is 0 Å². The summed E-state index contributed by atoms with van der Waals surface area (Å²) in [5.41, 5.74) is 5.03. The summed E-state index contributed by atoms with van der Waals surface area (Å²) >= 11 is 6.39. The molecule has 3 aromatic rings. The summed E-state index contributed by atoms with van der Waals surface area (Å²) in [5.74, 6) is 0. The first-order valence-electron chi connectivity index (χ1n) is 9.34. The van der Waals surface area contributed by atoms with Crippen LogP contribution in [0.25, 0.3) is 10.9 Å². The lowest BCUT2D eigenvalue weighted by Gasteiger charge is -2.11. The van der Waals surface area contributed by atoms with Crippen LogP contribution in [0.3, 0.4) is 0 Å². The molecule has 26 heavy (non-hydrogen) atoms. The van der Waals surface area contributed by atoms with Gasteiger partial charge in [0.2, 0.25) is 0 Å². The molecule has 2 aromatic carbocycles. The minimum absolute atomic E-state index is 0.286. The third kappa shape index (κ3) is 4.29. The average molecular weight is 371 g/mol. The molecule has 0 aliphatic carbocycles. The van der Waals surface area contributed by atoms with Gasteiger partial charge in [-0.3, -0.25) is 0 Å². The van der Waals surface area contributed by atoms with Crippen LogP contribution in [0.2, 0.25) is 5.02 Å². The number of rotatable bonds is 9. The number of aromatic nitrogens is 1. The van der Waals surface area contributed by atoms with E-state index in [0.717, 1.165) is 49.5 Å². The number of nitrogens with zero attached hydrogens (tertiary/aromatic N) is 1. The number of benzene rings is 2. The fourth-order valence-electron chi connectivity index (χ4n) is 3.48. The van der Waals surface area contributed by atoms with Gasteiger partial charge in [-0.15, -0.1) is 0 Å². The fourth-order valence-corrected chi connectivity index (χ4v) is 3.67. The van der Waals surface area contributed by atoms with Crippen LogP contribution in [-0.4, -0.2) is 22.8 Å². The summed E-state index contributed by atoms with van der Waals surface area (Å²) in [6.07, 6.45) is 3.05. The van der Waals surface area contributed by atoms with Crippen molar-refractivity contribution in [1.82, 2.24) is 9.88 Å². The van der Waals surface area contributed by atoms with Gasteiger partial charge in [0.1, 0.15) is 0 Å². The van der Waals surface area contributed by atoms with Gasteiger partial charge in [0.25, 0.3) is 0 Å². The zero-order chi connectivity index (χ0) is 18.4. The highest BCUT2D eigenvalue weighted by Crippen LogP contribution is 2.28. The van der Waals surface area contributed by atoms with Crippen LogP contribution in [0.5, 0.6) is 0 Å². The molecule has 2 N–H and O–H groups in total. The molecule has 1 aromatic heterocycles. The topological polar surface area (TPSA) is 37.2 Å². The number of fused-ring (bicyclic) bond motifs is 1. The van der Waals surface area contributed by atoms with Crippen molar-refractivity contribution in [1.29, 1.82) is 0 Å². The summed E-state index contributed by atoms with van der Waals surface area (Å²) < 4.78 is 2.36. The second-order valence-electron chi connectivity index (χ2n) is 6.72. The third-order valence-electron chi connectivity index (χ3n) is 4.96. The lowest BCUT2D eigenvalue weighted by atomic mass is 10.1. The number of hydrogen-bond donors (Lipinski definition) is 2. The molecule has 0 saturated heterocycles. The maximum Gasteiger partial charge on any atom is 0.0493 e. The number of unbranched alkanes of at least 4 members (excludes halogenated alkanes) is 2. The van der Waals surface area contributed by atoms with Crippen molar-refractivity contribution in [2.45, 2.75) is 39.3 Å². The monoisotopic (exact) mass is 370 g/mol. The van der Waals surface area contributed by atoms with Crippen molar-refractivity contribution in [3.8, 4) is 0 Å². The van der Waals surface area contributed by atoms with Gasteiger partial charge >= 0.3 is 0 Å². The second-order valence-corrected chi connectivity index (χ2v) is 7.13. The van der Waals surface area contributed by atoms with Crippen LogP contribution >= 0.6 is 11.6 Å². The van der Waals surface area contributed by atoms with Crippen molar-refractivity contribution in [2.75, 3.05) is 13.2 Å². The van der Waals surface area contributed by atoms with Crippen molar-refractivity contribution in [3.05, 3.63) is 70.4 Å². The van der Waals surface area contributed by atoms with E-state index in [0.29, 0.717) is 0 Å². The van der Waals surface area contributed by atoms with Gasteiger partial charge in [-0.25, -0.2) is 0 Å². The number of hydrogen-bond acceptors (Lipinski definition) is 2. The average Bonchev–Trinajstić information content (AvgIpc) is 2.92. The molecule has 0 spiro atoms. The lowest BCUT2D eigenvalue weighted by Crippen LogP contribution is -2.15. The first-order valence-corrected chi connectivity index (χ1v) is 9.72. The van der Waals surface area contributed by atoms with Gasteiger partial charge < -0.3 is 15.0 Å². The second kappa shape index (κ2) is 9.22. The van der Waals surface area contributed by atoms with Crippen LogP contribution < -0.4 is 5.32 Å². The Labute approximate surface area is 160 Å². The van der Waals surface area contributed by atoms with E-state index in [9.17, 15) is 0 Å². The van der Waals surface area contributed by atoms with Gasteiger partial charge in [-0.2, -0.15) is 0 Å². The number of nitrogens with one attached hydrogen (secondary N) is 1. The Morgan fingerprint density at radius 3 is 2.58 bits per heavy atom. The van der Waals surface area contributed by atoms with Gasteiger partial charge in [0.05, 0.1) is 0 Å². The van der Waals surface area contributed by atoms with Gasteiger partial charge in [-0.05, 0) is 56.0 Å². The number of halogens is 1. The summed E-state index contributed by atoms with van der Waals surface area (Å²) in [6.45, 7) is 5.10. The SMILES string of the molecule is Cc1c(CNCCCCCO)c2ccccc2n1Cc1ccccc1Cl. The number of aliphatic hydroxyl groups is 1. The predicted molar refractivity (Wildman–Crippen MR) is 110 cm³/mol. The molecule has 0 aliphatic heterocycles. The van der Waals surface area contributed by atoms with Gasteiger partial charge in [-0.1, -0.05) is 48.0 Å². The molecule has 0 saturated carbocycles. The Morgan fingerprint density at radius 2 is 1.77 bits per heavy atom. The number of aliphatic hydroxyl groups excluding tert-OH is 1. The van der Waals surface area contributed by atoms with E-state index in [1.807, 2.05) is 18.2 Å². The maximum atomic E-state index is 8.87. The Balaban J connectivity index is 1.81. The minimum Gasteiger partial charge on any atom is -0.396 e. The van der Waals surface area contributed by atoms with E-state index in [1.54, 1.807) is 0 Å². The molecular weight excluding hydrogens is 344 g/mol. The Hall–Kier alpha value is -1.81. The van der Waals surface area contributed by atoms with Gasteiger partial charge in [0.15, 0.2) is 0 Å². The molecule has 3 rings (SSSR count). The molecule has 1 heterocycles. The Morgan fingerprint density at radius 1 is 1.00 bits per heavy atom. The van der Waals surface area contributed by atoms with Crippen LogP contribution in [0.1, 0.15) is 36.1 Å². The maximum absolute atomic E-state index is 8.87. The highest BCUT2D eigenvalue weighted by Gasteiger charge is 2.14. The van der Waals surface area contributed by atoms with Crippen LogP contribution in [-0.2, 0) is 13.1 Å². The van der Waals surface area contributed by atoms with E-state index >= 15 is 0 Å². The van der Waals surface area contributed by atoms with Gasteiger partial charge in [0, 0.05) is 41.3 Å². The highest BCUT2D eigenvalue weighted by atomic mass is 35.5. The molecule has 0 bridgehead atoms. The molecule has 3 nitrogen and oxygen atoms in total. The van der Waals surface area contributed by atoms with Crippen molar-refractivity contribution in [3.63, 3.8) is 0 Å². The van der Waals surface area contributed by atoms with Crippen LogP contribution in [0.15, 0.2) is 48.5 Å². The third-order valence-corrected chi connectivity index (χ3v) is 5.33. The van der Waals surface area contributed by atoms with Crippen LogP contribution in [0, 0.1) is 6.92 Å². The summed E-state index contributed by atoms with van der Waals surface area (Å²) in [6, 6.07) is 16.6. The fraction of sp³-hybridized carbons (Fsp3) is 0.364. The molecule has 0 aliphatic rings. The van der Waals surface area contributed by atoms with E-state index in [-0.39, 0.29) is 6.61 Å². The quantitative estimate of drug-likeness (QED) is 0.525. The number of para-hydroxylation sites is 1. The van der Waals surface area contributed by atoms with Crippen LogP contribution in [0.4, 0.5) is 0 Å². The molecule has 0 radical (unpaired) electrons. The zero-order valence-corrected chi connectivity index (χ0v) is 16.1. The first kappa shape index (κ1) is 19.0. The Bertz CT molecular complexity index is 856. The first-order chi connectivity index (χ1) is 12.7. The smallest absolute Gasteiger partial charge is 0.0493 e. The largest absolute Gasteiger partial charge is 0.396 e. The van der Waals surface area contributed by atoms with Crippen molar-refractivity contribution < 1.29 is 5.11 Å². The molecule has 0 amide bonds. The van der Waals surface area contributed by atoms with E-state index in [1.165, 1.54) is 22.2 Å².